The van der Waals surface area contributed by atoms with E-state index >= 15 is 0 Å². The van der Waals surface area contributed by atoms with Crippen molar-refractivity contribution in [1.82, 2.24) is 10.2 Å². The second-order valence-corrected chi connectivity index (χ2v) is 4.75. The van der Waals surface area contributed by atoms with Crippen LogP contribution >= 0.6 is 0 Å². The first-order chi connectivity index (χ1) is 9.19. The zero-order valence-electron chi connectivity index (χ0n) is 11.2. The summed E-state index contributed by atoms with van der Waals surface area (Å²) in [6, 6.07) is 6.51. The molecule has 104 valence electrons. The quantitative estimate of drug-likeness (QED) is 0.818. The van der Waals surface area contributed by atoms with Crippen molar-refractivity contribution >= 4 is 11.6 Å². The van der Waals surface area contributed by atoms with E-state index in [-0.39, 0.29) is 11.7 Å². The van der Waals surface area contributed by atoms with Gasteiger partial charge in [-0.05, 0) is 24.7 Å². The van der Waals surface area contributed by atoms with Gasteiger partial charge in [0.05, 0.1) is 0 Å². The third-order valence-electron chi connectivity index (χ3n) is 3.42. The monoisotopic (exact) mass is 265 g/mol. The van der Waals surface area contributed by atoms with Gasteiger partial charge in [0.2, 0.25) is 5.91 Å². The first kappa shape index (κ1) is 14.0. The van der Waals surface area contributed by atoms with Gasteiger partial charge in [-0.25, -0.2) is 4.39 Å². The number of anilines is 1. The Bertz CT molecular complexity index is 434. The first-order valence-electron chi connectivity index (χ1n) is 6.69. The Kier molecular flexibility index (Phi) is 4.87. The minimum absolute atomic E-state index is 0.0728. The summed E-state index contributed by atoms with van der Waals surface area (Å²) in [6.07, 6.45) is 0.431. The van der Waals surface area contributed by atoms with Gasteiger partial charge in [-0.3, -0.25) is 9.69 Å². The molecule has 5 heteroatoms. The average molecular weight is 265 g/mol. The molecule has 1 saturated heterocycles. The van der Waals surface area contributed by atoms with Crippen molar-refractivity contribution in [3.05, 3.63) is 30.1 Å². The van der Waals surface area contributed by atoms with Gasteiger partial charge in [-0.1, -0.05) is 13.0 Å². The molecule has 0 radical (unpaired) electrons. The standard InChI is InChI=1S/C14H20FN3O/c1-2-18(13-9-16-10-13)7-6-14(19)17-12-5-3-4-11(15)8-12/h3-5,8,13,16H,2,6-7,9-10H2,1H3,(H,17,19). The molecule has 1 amide bonds. The molecule has 1 heterocycles. The van der Waals surface area contributed by atoms with Crippen LogP contribution in [0.25, 0.3) is 0 Å². The van der Waals surface area contributed by atoms with E-state index in [1.807, 2.05) is 0 Å². The molecule has 1 fully saturated rings. The number of rotatable bonds is 6. The van der Waals surface area contributed by atoms with Crippen LogP contribution < -0.4 is 10.6 Å². The van der Waals surface area contributed by atoms with Crippen molar-refractivity contribution in [3.8, 4) is 0 Å². The Balaban J connectivity index is 1.77. The van der Waals surface area contributed by atoms with E-state index in [9.17, 15) is 9.18 Å². The van der Waals surface area contributed by atoms with E-state index < -0.39 is 0 Å². The Hall–Kier alpha value is -1.46. The normalized spacial score (nSPS) is 15.3. The Labute approximate surface area is 113 Å². The minimum atomic E-state index is -0.339. The molecular weight excluding hydrogens is 245 g/mol. The SMILES string of the molecule is CCN(CCC(=O)Nc1cccc(F)c1)C1CNC1. The molecule has 0 spiro atoms. The highest BCUT2D eigenvalue weighted by molar-refractivity contribution is 5.90. The van der Waals surface area contributed by atoms with Crippen LogP contribution in [-0.2, 0) is 4.79 Å². The first-order valence-corrected chi connectivity index (χ1v) is 6.69. The molecule has 1 aromatic rings. The maximum Gasteiger partial charge on any atom is 0.225 e. The molecule has 0 atom stereocenters. The van der Waals surface area contributed by atoms with Gasteiger partial charge >= 0.3 is 0 Å². The molecule has 4 nitrogen and oxygen atoms in total. The van der Waals surface area contributed by atoms with Gasteiger partial charge < -0.3 is 10.6 Å². The van der Waals surface area contributed by atoms with Crippen molar-refractivity contribution < 1.29 is 9.18 Å². The highest BCUT2D eigenvalue weighted by atomic mass is 19.1. The number of nitrogens with one attached hydrogen (secondary N) is 2. The fourth-order valence-corrected chi connectivity index (χ4v) is 2.17. The molecule has 0 unspecified atom stereocenters. The molecule has 2 N–H and O–H groups in total. The maximum atomic E-state index is 13.0. The number of halogens is 1. The largest absolute Gasteiger partial charge is 0.326 e. The van der Waals surface area contributed by atoms with Gasteiger partial charge in [0.1, 0.15) is 5.82 Å². The second-order valence-electron chi connectivity index (χ2n) is 4.75. The summed E-state index contributed by atoms with van der Waals surface area (Å²) in [5.74, 6) is -0.412. The third kappa shape index (κ3) is 4.01. The van der Waals surface area contributed by atoms with Crippen LogP contribution in [0.15, 0.2) is 24.3 Å². The van der Waals surface area contributed by atoms with E-state index in [4.69, 9.17) is 0 Å². The summed E-state index contributed by atoms with van der Waals surface area (Å²) in [6.45, 7) is 5.78. The van der Waals surface area contributed by atoms with Crippen LogP contribution in [0.4, 0.5) is 10.1 Å². The number of amides is 1. The van der Waals surface area contributed by atoms with Crippen molar-refractivity contribution in [3.63, 3.8) is 0 Å². The lowest BCUT2D eigenvalue weighted by molar-refractivity contribution is -0.116. The van der Waals surface area contributed by atoms with Gasteiger partial charge in [0.25, 0.3) is 0 Å². The molecule has 1 aliphatic heterocycles. The summed E-state index contributed by atoms with van der Waals surface area (Å²) in [4.78, 5) is 14.1. The number of benzene rings is 1. The van der Waals surface area contributed by atoms with Gasteiger partial charge in [0.15, 0.2) is 0 Å². The van der Waals surface area contributed by atoms with Crippen LogP contribution in [0.2, 0.25) is 0 Å². The van der Waals surface area contributed by atoms with E-state index in [0.717, 1.165) is 26.2 Å². The van der Waals surface area contributed by atoms with Crippen LogP contribution in [0, 0.1) is 5.82 Å². The Morgan fingerprint density at radius 3 is 2.89 bits per heavy atom. The zero-order chi connectivity index (χ0) is 13.7. The number of nitrogens with zero attached hydrogens (tertiary/aromatic N) is 1. The Morgan fingerprint density at radius 1 is 1.53 bits per heavy atom. The van der Waals surface area contributed by atoms with Crippen LogP contribution in [0.5, 0.6) is 0 Å². The zero-order valence-corrected chi connectivity index (χ0v) is 11.2. The second kappa shape index (κ2) is 6.63. The maximum absolute atomic E-state index is 13.0. The van der Waals surface area contributed by atoms with Gasteiger partial charge in [0, 0.05) is 37.8 Å². The number of likely N-dealkylation sites (N-methyl/N-ethyl adjacent to an activating group) is 1. The van der Waals surface area contributed by atoms with E-state index in [1.165, 1.54) is 12.1 Å². The fraction of sp³-hybridized carbons (Fsp3) is 0.500. The summed E-state index contributed by atoms with van der Waals surface area (Å²) in [5, 5.41) is 5.94. The van der Waals surface area contributed by atoms with E-state index in [2.05, 4.69) is 22.5 Å². The van der Waals surface area contributed by atoms with Crippen molar-refractivity contribution in [2.75, 3.05) is 31.5 Å². The summed E-state index contributed by atoms with van der Waals surface area (Å²) in [5.41, 5.74) is 0.512. The summed E-state index contributed by atoms with van der Waals surface area (Å²) < 4.78 is 13.0. The third-order valence-corrected chi connectivity index (χ3v) is 3.42. The predicted molar refractivity (Wildman–Crippen MR) is 73.6 cm³/mol. The predicted octanol–water partition coefficient (Wildman–Crippen LogP) is 1.45. The minimum Gasteiger partial charge on any atom is -0.326 e. The average Bonchev–Trinajstić information content (AvgIpc) is 2.32. The van der Waals surface area contributed by atoms with Crippen LogP contribution in [0.1, 0.15) is 13.3 Å². The molecule has 0 aromatic heterocycles. The molecule has 0 bridgehead atoms. The Morgan fingerprint density at radius 2 is 2.32 bits per heavy atom. The van der Waals surface area contributed by atoms with Crippen molar-refractivity contribution in [2.45, 2.75) is 19.4 Å². The van der Waals surface area contributed by atoms with E-state index in [0.29, 0.717) is 18.2 Å². The molecule has 1 aliphatic rings. The van der Waals surface area contributed by atoms with Gasteiger partial charge in [-0.15, -0.1) is 0 Å². The topological polar surface area (TPSA) is 44.4 Å². The lowest BCUT2D eigenvalue weighted by atomic mass is 10.1. The van der Waals surface area contributed by atoms with Crippen LogP contribution in [0.3, 0.4) is 0 Å². The molecule has 19 heavy (non-hydrogen) atoms. The van der Waals surface area contributed by atoms with Crippen LogP contribution in [-0.4, -0.2) is 43.0 Å². The lowest BCUT2D eigenvalue weighted by Crippen LogP contribution is -2.57. The summed E-state index contributed by atoms with van der Waals surface area (Å²) in [7, 11) is 0. The molecule has 1 aromatic carbocycles. The van der Waals surface area contributed by atoms with Gasteiger partial charge in [-0.2, -0.15) is 0 Å². The molecule has 2 rings (SSSR count). The smallest absolute Gasteiger partial charge is 0.225 e. The highest BCUT2D eigenvalue weighted by Crippen LogP contribution is 2.10. The fourth-order valence-electron chi connectivity index (χ4n) is 2.17. The number of hydrogen-bond acceptors (Lipinski definition) is 3. The molecular formula is C14H20FN3O. The number of carbonyl (C=O) groups excluding carboxylic acids is 1. The summed E-state index contributed by atoms with van der Waals surface area (Å²) >= 11 is 0. The lowest BCUT2D eigenvalue weighted by Gasteiger charge is -2.37. The molecule has 0 aliphatic carbocycles. The van der Waals surface area contributed by atoms with E-state index in [1.54, 1.807) is 12.1 Å². The van der Waals surface area contributed by atoms with Crippen molar-refractivity contribution in [1.29, 1.82) is 0 Å². The van der Waals surface area contributed by atoms with Crippen molar-refractivity contribution in [2.24, 2.45) is 0 Å². The number of carbonyl (C=O) groups is 1. The molecule has 0 saturated carbocycles. The number of hydrogen-bond donors (Lipinski definition) is 2. The highest BCUT2D eigenvalue weighted by Gasteiger charge is 2.23.